The summed E-state index contributed by atoms with van der Waals surface area (Å²) in [6.07, 6.45) is 3.02. The molecule has 1 rings (SSSR count). The van der Waals surface area contributed by atoms with Crippen molar-refractivity contribution in [1.82, 2.24) is 4.31 Å². The molecule has 0 heterocycles. The summed E-state index contributed by atoms with van der Waals surface area (Å²) in [4.78, 5) is 0.345. The summed E-state index contributed by atoms with van der Waals surface area (Å²) in [6, 6.07) is 6.77. The van der Waals surface area contributed by atoms with Gasteiger partial charge in [-0.05, 0) is 44.9 Å². The molecule has 0 amide bonds. The van der Waals surface area contributed by atoms with Crippen molar-refractivity contribution in [3.05, 3.63) is 29.8 Å². The van der Waals surface area contributed by atoms with Crippen molar-refractivity contribution < 1.29 is 8.42 Å². The van der Waals surface area contributed by atoms with Gasteiger partial charge in [-0.15, -0.1) is 0 Å². The zero-order chi connectivity index (χ0) is 16.0. The fourth-order valence-corrected chi connectivity index (χ4v) is 3.93. The van der Waals surface area contributed by atoms with Gasteiger partial charge in [0.15, 0.2) is 0 Å². The molecule has 0 aromatic heterocycles. The molecule has 0 aliphatic rings. The monoisotopic (exact) mass is 312 g/mol. The largest absolute Gasteiger partial charge is 0.324 e. The molecule has 21 heavy (non-hydrogen) atoms. The smallest absolute Gasteiger partial charge is 0.243 e. The molecule has 0 saturated carbocycles. The average Bonchev–Trinajstić information content (AvgIpc) is 2.43. The number of unbranched alkanes of at least 4 members (excludes halogenated alkanes) is 2. The predicted octanol–water partition coefficient (Wildman–Crippen LogP) is 3.30. The molecular weight excluding hydrogens is 284 g/mol. The van der Waals surface area contributed by atoms with E-state index in [0.29, 0.717) is 11.4 Å². The van der Waals surface area contributed by atoms with E-state index in [1.54, 1.807) is 28.6 Å². The van der Waals surface area contributed by atoms with Crippen molar-refractivity contribution in [2.45, 2.75) is 63.9 Å². The Morgan fingerprint density at radius 2 is 1.67 bits per heavy atom. The maximum absolute atomic E-state index is 12.7. The minimum atomic E-state index is -3.43. The molecule has 0 spiro atoms. The topological polar surface area (TPSA) is 63.4 Å². The Morgan fingerprint density at radius 1 is 1.10 bits per heavy atom. The number of sulfonamides is 1. The van der Waals surface area contributed by atoms with Gasteiger partial charge in [0, 0.05) is 18.6 Å². The van der Waals surface area contributed by atoms with Gasteiger partial charge in [0.05, 0.1) is 4.90 Å². The Kier molecular flexibility index (Phi) is 6.84. The number of nitrogens with zero attached hydrogens (tertiary/aromatic N) is 1. The van der Waals surface area contributed by atoms with Crippen LogP contribution in [0.15, 0.2) is 29.2 Å². The van der Waals surface area contributed by atoms with Crippen LogP contribution < -0.4 is 5.73 Å². The van der Waals surface area contributed by atoms with Crippen LogP contribution in [-0.2, 0) is 10.0 Å². The fraction of sp³-hybridized carbons (Fsp3) is 0.625. The van der Waals surface area contributed by atoms with E-state index in [1.807, 2.05) is 20.8 Å². The quantitative estimate of drug-likeness (QED) is 0.749. The lowest BCUT2D eigenvalue weighted by molar-refractivity contribution is 0.345. The van der Waals surface area contributed by atoms with E-state index >= 15 is 0 Å². The summed E-state index contributed by atoms with van der Waals surface area (Å²) in [6.45, 7) is 8.40. The van der Waals surface area contributed by atoms with Crippen molar-refractivity contribution in [3.8, 4) is 0 Å². The van der Waals surface area contributed by atoms with Gasteiger partial charge in [0.1, 0.15) is 0 Å². The van der Waals surface area contributed by atoms with E-state index in [9.17, 15) is 8.42 Å². The first-order valence-electron chi connectivity index (χ1n) is 7.68. The first kappa shape index (κ1) is 18.1. The molecule has 0 bridgehead atoms. The maximum atomic E-state index is 12.7. The van der Waals surface area contributed by atoms with E-state index < -0.39 is 10.0 Å². The predicted molar refractivity (Wildman–Crippen MR) is 87.6 cm³/mol. The van der Waals surface area contributed by atoms with Crippen LogP contribution in [0.1, 0.15) is 58.6 Å². The molecule has 0 aliphatic carbocycles. The molecule has 0 aliphatic heterocycles. The van der Waals surface area contributed by atoms with Crippen molar-refractivity contribution in [2.24, 2.45) is 5.73 Å². The standard InChI is InChI=1S/C16H28N2O2S/c1-5-6-7-12-18(13(2)3)21(19,20)16-10-8-15(9-11-16)14(4)17/h8-11,13-14H,5-7,12,17H2,1-4H3. The van der Waals surface area contributed by atoms with Crippen LogP contribution in [-0.4, -0.2) is 25.3 Å². The second-order valence-corrected chi connectivity index (χ2v) is 7.66. The van der Waals surface area contributed by atoms with Crippen molar-refractivity contribution in [2.75, 3.05) is 6.54 Å². The lowest BCUT2D eigenvalue weighted by Gasteiger charge is -2.26. The summed E-state index contributed by atoms with van der Waals surface area (Å²) < 4.78 is 27.1. The van der Waals surface area contributed by atoms with Gasteiger partial charge in [0.2, 0.25) is 10.0 Å². The average molecular weight is 312 g/mol. The molecule has 2 N–H and O–H groups in total. The van der Waals surface area contributed by atoms with E-state index in [2.05, 4.69) is 6.92 Å². The first-order valence-corrected chi connectivity index (χ1v) is 9.12. The zero-order valence-corrected chi connectivity index (χ0v) is 14.4. The molecule has 120 valence electrons. The molecule has 1 atom stereocenters. The van der Waals surface area contributed by atoms with Crippen LogP contribution in [0.3, 0.4) is 0 Å². The van der Waals surface area contributed by atoms with E-state index in [-0.39, 0.29) is 12.1 Å². The number of rotatable bonds is 8. The maximum Gasteiger partial charge on any atom is 0.243 e. The van der Waals surface area contributed by atoms with Crippen LogP contribution in [0.2, 0.25) is 0 Å². The molecule has 1 aromatic rings. The van der Waals surface area contributed by atoms with Crippen LogP contribution in [0.5, 0.6) is 0 Å². The first-order chi connectivity index (χ1) is 9.80. The van der Waals surface area contributed by atoms with Gasteiger partial charge < -0.3 is 5.73 Å². The van der Waals surface area contributed by atoms with Gasteiger partial charge in [-0.2, -0.15) is 4.31 Å². The highest BCUT2D eigenvalue weighted by molar-refractivity contribution is 7.89. The summed E-state index contributed by atoms with van der Waals surface area (Å²) in [5, 5.41) is 0. The van der Waals surface area contributed by atoms with Gasteiger partial charge >= 0.3 is 0 Å². The molecular formula is C16H28N2O2S. The second kappa shape index (κ2) is 7.92. The van der Waals surface area contributed by atoms with Gasteiger partial charge in [-0.1, -0.05) is 31.9 Å². The van der Waals surface area contributed by atoms with Crippen LogP contribution in [0.4, 0.5) is 0 Å². The molecule has 0 fully saturated rings. The third kappa shape index (κ3) is 4.80. The third-order valence-electron chi connectivity index (χ3n) is 3.57. The highest BCUT2D eigenvalue weighted by atomic mass is 32.2. The van der Waals surface area contributed by atoms with E-state index in [1.165, 1.54) is 0 Å². The van der Waals surface area contributed by atoms with Gasteiger partial charge in [-0.25, -0.2) is 8.42 Å². The summed E-state index contributed by atoms with van der Waals surface area (Å²) in [7, 11) is -3.43. The zero-order valence-electron chi connectivity index (χ0n) is 13.5. The minimum absolute atomic E-state index is 0.0417. The van der Waals surface area contributed by atoms with Crippen molar-refractivity contribution in [1.29, 1.82) is 0 Å². The fourth-order valence-electron chi connectivity index (χ4n) is 2.25. The van der Waals surface area contributed by atoms with Crippen molar-refractivity contribution in [3.63, 3.8) is 0 Å². The molecule has 4 nitrogen and oxygen atoms in total. The number of nitrogens with two attached hydrogens (primary N) is 1. The van der Waals surface area contributed by atoms with E-state index in [4.69, 9.17) is 5.73 Å². The minimum Gasteiger partial charge on any atom is -0.324 e. The lowest BCUT2D eigenvalue weighted by atomic mass is 10.1. The number of hydrogen-bond acceptors (Lipinski definition) is 3. The normalized spacial score (nSPS) is 13.9. The van der Waals surface area contributed by atoms with Gasteiger partial charge in [-0.3, -0.25) is 0 Å². The molecule has 5 heteroatoms. The summed E-state index contributed by atoms with van der Waals surface area (Å²) in [5.74, 6) is 0. The van der Waals surface area contributed by atoms with E-state index in [0.717, 1.165) is 24.8 Å². The molecule has 0 radical (unpaired) electrons. The Balaban J connectivity index is 2.99. The SMILES string of the molecule is CCCCCN(C(C)C)S(=O)(=O)c1ccc(C(C)N)cc1. The lowest BCUT2D eigenvalue weighted by Crippen LogP contribution is -2.37. The summed E-state index contributed by atoms with van der Waals surface area (Å²) >= 11 is 0. The van der Waals surface area contributed by atoms with Crippen LogP contribution in [0.25, 0.3) is 0 Å². The summed E-state index contributed by atoms with van der Waals surface area (Å²) in [5.41, 5.74) is 6.74. The van der Waals surface area contributed by atoms with Crippen molar-refractivity contribution >= 4 is 10.0 Å². The second-order valence-electron chi connectivity index (χ2n) is 5.77. The highest BCUT2D eigenvalue weighted by Gasteiger charge is 2.26. The number of benzene rings is 1. The Labute approximate surface area is 129 Å². The Bertz CT molecular complexity index is 522. The Hall–Kier alpha value is -0.910. The third-order valence-corrected chi connectivity index (χ3v) is 5.66. The molecule has 1 unspecified atom stereocenters. The van der Waals surface area contributed by atoms with Crippen LogP contribution >= 0.6 is 0 Å². The van der Waals surface area contributed by atoms with Gasteiger partial charge in [0.25, 0.3) is 0 Å². The Morgan fingerprint density at radius 3 is 2.10 bits per heavy atom. The van der Waals surface area contributed by atoms with Crippen LogP contribution in [0, 0.1) is 0 Å². The molecule has 1 aromatic carbocycles. The molecule has 0 saturated heterocycles. The number of hydrogen-bond donors (Lipinski definition) is 1. The highest BCUT2D eigenvalue weighted by Crippen LogP contribution is 2.21.